The topological polar surface area (TPSA) is 50.2 Å². The second kappa shape index (κ2) is 16.0. The molecular formula is C34H45FIrNO2-. The van der Waals surface area contributed by atoms with Gasteiger partial charge in [0.2, 0.25) is 0 Å². The van der Waals surface area contributed by atoms with Crippen LogP contribution in [0.1, 0.15) is 83.9 Å². The van der Waals surface area contributed by atoms with Crippen molar-refractivity contribution in [1.82, 2.24) is 4.98 Å². The van der Waals surface area contributed by atoms with Gasteiger partial charge < -0.3 is 10.1 Å². The van der Waals surface area contributed by atoms with Gasteiger partial charge in [0.25, 0.3) is 0 Å². The van der Waals surface area contributed by atoms with Gasteiger partial charge in [0.15, 0.2) is 5.78 Å². The molecule has 1 radical (unpaired) electrons. The molecule has 0 aliphatic carbocycles. The van der Waals surface area contributed by atoms with E-state index in [4.69, 9.17) is 0 Å². The summed E-state index contributed by atoms with van der Waals surface area (Å²) in [5.74, 6) is 0.547. The number of aromatic nitrogens is 1. The number of rotatable bonds is 10. The quantitative estimate of drug-likeness (QED) is 0.130. The number of hydrogen-bond acceptors (Lipinski definition) is 3. The predicted molar refractivity (Wildman–Crippen MR) is 158 cm³/mol. The molecule has 0 atom stereocenters. The predicted octanol–water partition coefficient (Wildman–Crippen LogP) is 9.48. The van der Waals surface area contributed by atoms with Crippen LogP contribution in [-0.2, 0) is 31.3 Å². The molecule has 0 spiro atoms. The normalized spacial score (nSPS) is 11.8. The molecule has 0 saturated heterocycles. The van der Waals surface area contributed by atoms with Crippen molar-refractivity contribution in [2.75, 3.05) is 0 Å². The molecule has 39 heavy (non-hydrogen) atoms. The van der Waals surface area contributed by atoms with Gasteiger partial charge in [-0.3, -0.25) is 4.79 Å². The van der Waals surface area contributed by atoms with E-state index < -0.39 is 5.67 Å². The van der Waals surface area contributed by atoms with Crippen molar-refractivity contribution >= 4 is 16.6 Å². The van der Waals surface area contributed by atoms with Crippen LogP contribution >= 0.6 is 0 Å². The Morgan fingerprint density at radius 1 is 1.00 bits per heavy atom. The molecule has 0 aliphatic heterocycles. The molecule has 215 valence electrons. The van der Waals surface area contributed by atoms with Crippen molar-refractivity contribution in [3.63, 3.8) is 0 Å². The van der Waals surface area contributed by atoms with Crippen molar-refractivity contribution in [2.45, 2.75) is 93.2 Å². The van der Waals surface area contributed by atoms with E-state index in [2.05, 4.69) is 36.2 Å². The third-order valence-electron chi connectivity index (χ3n) is 6.94. The molecule has 1 heterocycles. The number of aliphatic hydroxyl groups is 1. The zero-order chi connectivity index (χ0) is 28.5. The summed E-state index contributed by atoms with van der Waals surface area (Å²) in [7, 11) is 0. The van der Waals surface area contributed by atoms with E-state index in [-0.39, 0.29) is 43.5 Å². The molecule has 0 saturated carbocycles. The van der Waals surface area contributed by atoms with Crippen LogP contribution in [0.15, 0.2) is 54.4 Å². The van der Waals surface area contributed by atoms with Crippen LogP contribution in [0.4, 0.5) is 4.39 Å². The first-order valence-corrected chi connectivity index (χ1v) is 13.9. The van der Waals surface area contributed by atoms with Gasteiger partial charge in [0.1, 0.15) is 5.67 Å². The summed E-state index contributed by atoms with van der Waals surface area (Å²) in [6.45, 7) is 15.4. The summed E-state index contributed by atoms with van der Waals surface area (Å²) in [6.07, 6.45) is 7.13. The number of halogens is 1. The van der Waals surface area contributed by atoms with Crippen LogP contribution in [0.5, 0.6) is 0 Å². The monoisotopic (exact) mass is 711 g/mol. The summed E-state index contributed by atoms with van der Waals surface area (Å²) in [5, 5.41) is 11.9. The molecule has 1 N–H and O–H groups in total. The number of nitrogens with zero attached hydrogens (tertiary/aromatic N) is 1. The van der Waals surface area contributed by atoms with Crippen LogP contribution in [0.2, 0.25) is 0 Å². The Balaban J connectivity index is 0.000000418. The van der Waals surface area contributed by atoms with Crippen molar-refractivity contribution < 1.29 is 34.4 Å². The molecule has 3 aromatic rings. The standard InChI is InChI=1S/C21H21FN.C13H24O2.Ir/c1-14-9-15(2)11-18(10-14)20-19-6-5-16(13-21(3,4)22)12-17(19)7-8-23-20;1-5-10(6-2)12(14)9-13(15)11(7-3)8-4;/h5-10,12H,13H2,1-4H3;9-11,14H,5-8H2,1-4H3;/q-1;;/b;12-9-;. The largest absolute Gasteiger partial charge is 0.512 e. The molecule has 0 aliphatic rings. The minimum atomic E-state index is -1.20. The minimum absolute atomic E-state index is 0. The number of benzene rings is 2. The van der Waals surface area contributed by atoms with Gasteiger partial charge in [-0.1, -0.05) is 59.7 Å². The number of pyridine rings is 1. The number of fused-ring (bicyclic) bond motifs is 1. The number of alkyl halides is 1. The fourth-order valence-electron chi connectivity index (χ4n) is 4.84. The number of hydrogen-bond donors (Lipinski definition) is 1. The molecule has 1 aromatic heterocycles. The zero-order valence-corrected chi connectivity index (χ0v) is 27.2. The molecule has 3 nitrogen and oxygen atoms in total. The van der Waals surface area contributed by atoms with E-state index in [1.54, 1.807) is 13.8 Å². The first-order chi connectivity index (χ1) is 17.9. The first kappa shape index (κ1) is 34.7. The smallest absolute Gasteiger partial charge is 0.162 e. The molecular weight excluding hydrogens is 666 g/mol. The van der Waals surface area contributed by atoms with Crippen molar-refractivity contribution in [2.24, 2.45) is 11.8 Å². The average molecular weight is 711 g/mol. The second-order valence-corrected chi connectivity index (χ2v) is 10.9. The maximum absolute atomic E-state index is 13.9. The van der Waals surface area contributed by atoms with E-state index in [1.165, 1.54) is 11.6 Å². The molecule has 5 heteroatoms. The first-order valence-electron chi connectivity index (χ1n) is 13.9. The molecule has 2 aromatic carbocycles. The number of carbonyl (C=O) groups is 1. The number of ketones is 1. The van der Waals surface area contributed by atoms with E-state index in [1.807, 2.05) is 59.0 Å². The van der Waals surface area contributed by atoms with Gasteiger partial charge in [-0.25, -0.2) is 4.39 Å². The summed E-state index contributed by atoms with van der Waals surface area (Å²) in [6, 6.07) is 15.7. The average Bonchev–Trinajstić information content (AvgIpc) is 2.84. The minimum Gasteiger partial charge on any atom is -0.512 e. The number of allylic oxidation sites excluding steroid dienone is 2. The van der Waals surface area contributed by atoms with Gasteiger partial charge in [0.05, 0.1) is 5.76 Å². The Labute approximate surface area is 248 Å². The van der Waals surface area contributed by atoms with Crippen LogP contribution < -0.4 is 0 Å². The molecule has 0 fully saturated rings. The summed E-state index contributed by atoms with van der Waals surface area (Å²) < 4.78 is 13.9. The maximum Gasteiger partial charge on any atom is 0.162 e. The third kappa shape index (κ3) is 10.6. The molecule has 0 bridgehead atoms. The Kier molecular flexibility index (Phi) is 14.3. The number of carbonyl (C=O) groups excluding carboxylic acids is 1. The van der Waals surface area contributed by atoms with Crippen molar-refractivity contribution in [3.05, 3.63) is 77.2 Å². The summed E-state index contributed by atoms with van der Waals surface area (Å²) in [5.41, 5.74) is 4.05. The van der Waals surface area contributed by atoms with Crippen LogP contribution in [0, 0.1) is 31.7 Å². The Morgan fingerprint density at radius 3 is 2.15 bits per heavy atom. The SMILES string of the molecule is CCC(CC)C(=O)/C=C(\O)C(CC)CC.Cc1[c-]c(-c2nccc3cc(CC(C)(C)F)ccc23)cc(C)c1.[Ir]. The third-order valence-corrected chi connectivity index (χ3v) is 6.94. The van der Waals surface area contributed by atoms with E-state index in [0.717, 1.165) is 58.8 Å². The Hall–Kier alpha value is -2.36. The number of aliphatic hydroxyl groups excluding tert-OH is 1. The fourth-order valence-corrected chi connectivity index (χ4v) is 4.84. The van der Waals surface area contributed by atoms with Crippen LogP contribution in [-0.4, -0.2) is 21.5 Å². The zero-order valence-electron chi connectivity index (χ0n) is 24.8. The van der Waals surface area contributed by atoms with Gasteiger partial charge >= 0.3 is 0 Å². The second-order valence-electron chi connectivity index (χ2n) is 10.9. The molecule has 0 amide bonds. The Morgan fingerprint density at radius 2 is 1.62 bits per heavy atom. The van der Waals surface area contributed by atoms with Crippen LogP contribution in [0.25, 0.3) is 22.0 Å². The van der Waals surface area contributed by atoms with Gasteiger partial charge in [-0.15, -0.1) is 34.9 Å². The van der Waals surface area contributed by atoms with Gasteiger partial charge in [-0.2, -0.15) is 0 Å². The van der Waals surface area contributed by atoms with Crippen LogP contribution in [0.3, 0.4) is 0 Å². The molecule has 3 rings (SSSR count). The number of aryl methyl sites for hydroxylation is 2. The summed E-state index contributed by atoms with van der Waals surface area (Å²) >= 11 is 0. The van der Waals surface area contributed by atoms with E-state index in [9.17, 15) is 14.3 Å². The van der Waals surface area contributed by atoms with Crippen molar-refractivity contribution in [1.29, 1.82) is 0 Å². The van der Waals surface area contributed by atoms with Gasteiger partial charge in [-0.05, 0) is 67.6 Å². The van der Waals surface area contributed by atoms with Gasteiger partial charge in [0, 0.05) is 50.6 Å². The van der Waals surface area contributed by atoms with E-state index in [0.29, 0.717) is 6.42 Å². The van der Waals surface area contributed by atoms with Crippen molar-refractivity contribution in [3.8, 4) is 11.3 Å². The maximum atomic E-state index is 13.9. The summed E-state index contributed by atoms with van der Waals surface area (Å²) in [4.78, 5) is 16.3. The fraction of sp³-hybridized carbons (Fsp3) is 0.471. The molecule has 0 unspecified atom stereocenters. The Bertz CT molecular complexity index is 1220. The van der Waals surface area contributed by atoms with E-state index >= 15 is 0 Å².